The van der Waals surface area contributed by atoms with E-state index >= 15 is 0 Å². The molecule has 2 heterocycles. The van der Waals surface area contributed by atoms with Crippen LogP contribution in [0.1, 0.15) is 18.5 Å². The summed E-state index contributed by atoms with van der Waals surface area (Å²) in [6.07, 6.45) is 2.24. The Balaban J connectivity index is 2.33. The Bertz CT molecular complexity index is 320. The summed E-state index contributed by atoms with van der Waals surface area (Å²) >= 11 is 3.34. The van der Waals surface area contributed by atoms with E-state index in [0.717, 1.165) is 29.0 Å². The van der Waals surface area contributed by atoms with Crippen LogP contribution >= 0.6 is 15.9 Å². The summed E-state index contributed by atoms with van der Waals surface area (Å²) in [6.45, 7) is 0.962. The fraction of sp³-hybridized carbons (Fsp3) is 0.333. The molecule has 12 heavy (non-hydrogen) atoms. The van der Waals surface area contributed by atoms with Gasteiger partial charge in [-0.25, -0.2) is 4.98 Å². The Morgan fingerprint density at radius 1 is 1.33 bits per heavy atom. The van der Waals surface area contributed by atoms with Gasteiger partial charge in [-0.15, -0.1) is 0 Å². The summed E-state index contributed by atoms with van der Waals surface area (Å²) in [7, 11) is 0. The lowest BCUT2D eigenvalue weighted by molar-refractivity contribution is 0.950. The first-order valence-corrected chi connectivity index (χ1v) is 4.82. The molecule has 0 spiro atoms. The number of aliphatic imine (C=N–C) groups is 1. The van der Waals surface area contributed by atoms with Gasteiger partial charge >= 0.3 is 0 Å². The zero-order valence-electron chi connectivity index (χ0n) is 6.63. The molecule has 0 atom stereocenters. The Morgan fingerprint density at radius 2 is 2.25 bits per heavy atom. The van der Waals surface area contributed by atoms with E-state index in [2.05, 4.69) is 25.9 Å². The number of hydrogen-bond acceptors (Lipinski definition) is 2. The van der Waals surface area contributed by atoms with Crippen molar-refractivity contribution < 1.29 is 0 Å². The van der Waals surface area contributed by atoms with Crippen molar-refractivity contribution in [2.75, 3.05) is 6.54 Å². The van der Waals surface area contributed by atoms with Gasteiger partial charge in [0.05, 0.1) is 11.4 Å². The van der Waals surface area contributed by atoms with Gasteiger partial charge in [0.1, 0.15) is 4.60 Å². The zero-order valence-corrected chi connectivity index (χ0v) is 8.21. The molecule has 0 radical (unpaired) electrons. The first kappa shape index (κ1) is 7.92. The molecule has 0 saturated heterocycles. The molecule has 0 unspecified atom stereocenters. The standard InChI is InChI=1S/C9H9BrN2/c10-9-5-1-3-8(12-9)7-4-2-6-11-7/h1,3,5H,2,4,6H2. The number of rotatable bonds is 1. The molecule has 3 heteroatoms. The second kappa shape index (κ2) is 3.35. The van der Waals surface area contributed by atoms with E-state index in [1.165, 1.54) is 6.42 Å². The molecule has 0 N–H and O–H groups in total. The predicted octanol–water partition coefficient (Wildman–Crippen LogP) is 2.43. The topological polar surface area (TPSA) is 25.2 Å². The Hall–Kier alpha value is -0.700. The normalized spacial score (nSPS) is 16.2. The fourth-order valence-corrected chi connectivity index (χ4v) is 1.66. The van der Waals surface area contributed by atoms with Crippen LogP contribution in [0.25, 0.3) is 0 Å². The zero-order chi connectivity index (χ0) is 8.39. The molecule has 62 valence electrons. The molecule has 1 aromatic heterocycles. The van der Waals surface area contributed by atoms with Crippen molar-refractivity contribution in [1.82, 2.24) is 4.98 Å². The van der Waals surface area contributed by atoms with Gasteiger partial charge in [0, 0.05) is 6.54 Å². The Labute approximate surface area is 79.9 Å². The highest BCUT2D eigenvalue weighted by molar-refractivity contribution is 9.10. The van der Waals surface area contributed by atoms with E-state index in [4.69, 9.17) is 0 Å². The van der Waals surface area contributed by atoms with Crippen LogP contribution in [0.5, 0.6) is 0 Å². The molecule has 1 aliphatic heterocycles. The third-order valence-electron chi connectivity index (χ3n) is 1.89. The molecule has 0 saturated carbocycles. The summed E-state index contributed by atoms with van der Waals surface area (Å²) in [5.74, 6) is 0. The molecule has 2 rings (SSSR count). The highest BCUT2D eigenvalue weighted by Gasteiger charge is 2.09. The van der Waals surface area contributed by atoms with Crippen molar-refractivity contribution >= 4 is 21.6 Å². The molecular weight excluding hydrogens is 216 g/mol. The smallest absolute Gasteiger partial charge is 0.106 e. The molecule has 0 aliphatic carbocycles. The molecule has 0 aromatic carbocycles. The van der Waals surface area contributed by atoms with Crippen LogP contribution in [-0.2, 0) is 0 Å². The van der Waals surface area contributed by atoms with Crippen LogP contribution < -0.4 is 0 Å². The van der Waals surface area contributed by atoms with Crippen LogP contribution in [0.2, 0.25) is 0 Å². The van der Waals surface area contributed by atoms with Crippen molar-refractivity contribution in [3.05, 3.63) is 28.5 Å². The second-order valence-corrected chi connectivity index (χ2v) is 3.59. The first-order chi connectivity index (χ1) is 5.86. The summed E-state index contributed by atoms with van der Waals surface area (Å²) < 4.78 is 0.884. The van der Waals surface area contributed by atoms with Crippen LogP contribution in [0, 0.1) is 0 Å². The SMILES string of the molecule is Brc1cccc(C2=NCCC2)n1. The monoisotopic (exact) mass is 224 g/mol. The molecule has 2 nitrogen and oxygen atoms in total. The minimum atomic E-state index is 0.884. The number of hydrogen-bond donors (Lipinski definition) is 0. The van der Waals surface area contributed by atoms with Crippen LogP contribution in [0.15, 0.2) is 27.8 Å². The minimum absolute atomic E-state index is 0.884. The van der Waals surface area contributed by atoms with Gasteiger partial charge in [-0.1, -0.05) is 6.07 Å². The summed E-state index contributed by atoms with van der Waals surface area (Å²) in [4.78, 5) is 8.72. The van der Waals surface area contributed by atoms with E-state index in [0.29, 0.717) is 0 Å². The molecular formula is C9H9BrN2. The van der Waals surface area contributed by atoms with Gasteiger partial charge in [-0.2, -0.15) is 0 Å². The second-order valence-electron chi connectivity index (χ2n) is 2.78. The first-order valence-electron chi connectivity index (χ1n) is 4.02. The van der Waals surface area contributed by atoms with Crippen molar-refractivity contribution in [2.45, 2.75) is 12.8 Å². The van der Waals surface area contributed by atoms with E-state index in [-0.39, 0.29) is 0 Å². The van der Waals surface area contributed by atoms with Gasteiger partial charge in [0.15, 0.2) is 0 Å². The van der Waals surface area contributed by atoms with Crippen molar-refractivity contribution in [2.24, 2.45) is 4.99 Å². The van der Waals surface area contributed by atoms with Gasteiger partial charge < -0.3 is 0 Å². The molecule has 1 aromatic rings. The van der Waals surface area contributed by atoms with Crippen LogP contribution in [-0.4, -0.2) is 17.2 Å². The summed E-state index contributed by atoms with van der Waals surface area (Å²) in [6, 6.07) is 5.93. The highest BCUT2D eigenvalue weighted by Crippen LogP contribution is 2.13. The predicted molar refractivity (Wildman–Crippen MR) is 52.6 cm³/mol. The van der Waals surface area contributed by atoms with Crippen LogP contribution in [0.3, 0.4) is 0 Å². The lowest BCUT2D eigenvalue weighted by Crippen LogP contribution is -1.99. The summed E-state index contributed by atoms with van der Waals surface area (Å²) in [5.41, 5.74) is 2.16. The molecule has 0 bridgehead atoms. The third-order valence-corrected chi connectivity index (χ3v) is 2.33. The van der Waals surface area contributed by atoms with E-state index < -0.39 is 0 Å². The van der Waals surface area contributed by atoms with E-state index in [1.54, 1.807) is 0 Å². The maximum Gasteiger partial charge on any atom is 0.106 e. The Kier molecular flexibility index (Phi) is 2.21. The maximum atomic E-state index is 4.38. The molecule has 0 fully saturated rings. The number of aromatic nitrogens is 1. The molecule has 0 amide bonds. The number of halogens is 1. The third kappa shape index (κ3) is 1.55. The van der Waals surface area contributed by atoms with Crippen molar-refractivity contribution in [3.63, 3.8) is 0 Å². The quantitative estimate of drug-likeness (QED) is 0.674. The van der Waals surface area contributed by atoms with E-state index in [1.807, 2.05) is 18.2 Å². The number of nitrogens with zero attached hydrogens (tertiary/aromatic N) is 2. The Morgan fingerprint density at radius 3 is 2.92 bits per heavy atom. The number of pyridine rings is 1. The lowest BCUT2D eigenvalue weighted by atomic mass is 10.2. The van der Waals surface area contributed by atoms with E-state index in [9.17, 15) is 0 Å². The average molecular weight is 225 g/mol. The van der Waals surface area contributed by atoms with Crippen LogP contribution in [0.4, 0.5) is 0 Å². The van der Waals surface area contributed by atoms with Gasteiger partial charge in [0.25, 0.3) is 0 Å². The van der Waals surface area contributed by atoms with Crippen molar-refractivity contribution in [3.8, 4) is 0 Å². The summed E-state index contributed by atoms with van der Waals surface area (Å²) in [5, 5.41) is 0. The molecule has 1 aliphatic rings. The average Bonchev–Trinajstić information content (AvgIpc) is 2.56. The van der Waals surface area contributed by atoms with Crippen molar-refractivity contribution in [1.29, 1.82) is 0 Å². The van der Waals surface area contributed by atoms with Gasteiger partial charge in [-0.05, 0) is 40.9 Å². The largest absolute Gasteiger partial charge is 0.288 e. The van der Waals surface area contributed by atoms with Gasteiger partial charge in [-0.3, -0.25) is 4.99 Å². The minimum Gasteiger partial charge on any atom is -0.288 e. The van der Waals surface area contributed by atoms with Gasteiger partial charge in [0.2, 0.25) is 0 Å². The fourth-order valence-electron chi connectivity index (χ4n) is 1.32. The maximum absolute atomic E-state index is 4.38. The highest BCUT2D eigenvalue weighted by atomic mass is 79.9. The lowest BCUT2D eigenvalue weighted by Gasteiger charge is -1.98.